The van der Waals surface area contributed by atoms with Crippen molar-refractivity contribution in [2.75, 3.05) is 12.4 Å². The van der Waals surface area contributed by atoms with Crippen LogP contribution in [0.2, 0.25) is 0 Å². The molecule has 0 aliphatic rings. The number of Topliss-reactive ketones (excluding diaryl/α,β-unsaturated/α-hetero) is 1. The van der Waals surface area contributed by atoms with Gasteiger partial charge in [-0.25, -0.2) is 0 Å². The Morgan fingerprint density at radius 2 is 2.00 bits per heavy atom. The Kier molecular flexibility index (Phi) is 6.26. The number of anilines is 1. The van der Waals surface area contributed by atoms with Crippen molar-refractivity contribution in [3.63, 3.8) is 0 Å². The second-order valence-corrected chi connectivity index (χ2v) is 4.62. The molecule has 3 nitrogen and oxygen atoms in total. The van der Waals surface area contributed by atoms with Crippen LogP contribution < -0.4 is 10.1 Å². The largest absolute Gasteiger partial charge is 0.497 e. The normalized spacial score (nSPS) is 11.9. The van der Waals surface area contributed by atoms with E-state index in [-0.39, 0.29) is 11.8 Å². The molecule has 0 saturated heterocycles. The summed E-state index contributed by atoms with van der Waals surface area (Å²) in [5.41, 5.74) is 1.04. The minimum absolute atomic E-state index is 0.232. The molecule has 1 atom stereocenters. The summed E-state index contributed by atoms with van der Waals surface area (Å²) in [6.45, 7) is 3.81. The van der Waals surface area contributed by atoms with Gasteiger partial charge in [0.05, 0.1) is 7.11 Å². The van der Waals surface area contributed by atoms with E-state index in [0.29, 0.717) is 6.42 Å². The highest BCUT2D eigenvalue weighted by molar-refractivity contribution is 5.76. The molecule has 18 heavy (non-hydrogen) atoms. The molecule has 1 N–H and O–H groups in total. The third kappa shape index (κ3) is 5.21. The van der Waals surface area contributed by atoms with Crippen molar-refractivity contribution in [2.45, 2.75) is 45.6 Å². The Morgan fingerprint density at radius 3 is 2.50 bits per heavy atom. The Labute approximate surface area is 110 Å². The van der Waals surface area contributed by atoms with Crippen LogP contribution >= 0.6 is 0 Å². The summed E-state index contributed by atoms with van der Waals surface area (Å²) in [5, 5.41) is 3.42. The highest BCUT2D eigenvalue weighted by atomic mass is 16.5. The lowest BCUT2D eigenvalue weighted by atomic mass is 10.0. The summed E-state index contributed by atoms with van der Waals surface area (Å²) in [5.74, 6) is 1.08. The molecule has 3 heteroatoms. The Morgan fingerprint density at radius 1 is 1.33 bits per heavy atom. The number of carbonyl (C=O) groups excluding carboxylic acids is 1. The number of unbranched alkanes of at least 4 members (excludes halogenated alkanes) is 1. The van der Waals surface area contributed by atoms with E-state index in [0.717, 1.165) is 30.7 Å². The third-order valence-corrected chi connectivity index (χ3v) is 2.90. The fraction of sp³-hybridized carbons (Fsp3) is 0.533. The number of methoxy groups -OCH3 is 1. The molecule has 0 aliphatic carbocycles. The highest BCUT2D eigenvalue weighted by Crippen LogP contribution is 2.18. The predicted octanol–water partition coefficient (Wildman–Crippen LogP) is 3.65. The zero-order valence-electron chi connectivity index (χ0n) is 11.5. The summed E-state index contributed by atoms with van der Waals surface area (Å²) in [4.78, 5) is 11.2. The van der Waals surface area contributed by atoms with Crippen LogP contribution in [0.5, 0.6) is 5.75 Å². The zero-order chi connectivity index (χ0) is 13.4. The van der Waals surface area contributed by atoms with Gasteiger partial charge in [-0.2, -0.15) is 0 Å². The van der Waals surface area contributed by atoms with Gasteiger partial charge in [-0.15, -0.1) is 0 Å². The molecule has 0 fully saturated rings. The summed E-state index contributed by atoms with van der Waals surface area (Å²) in [6, 6.07) is 8.05. The Balaban J connectivity index is 2.59. The molecule has 100 valence electrons. The standard InChI is InChI=1S/C15H23NO2/c1-4-5-6-14(11-12(2)17)16-13-7-9-15(18-3)10-8-13/h7-10,14,16H,4-6,11H2,1-3H3/t14-/m1/s1. The average molecular weight is 249 g/mol. The molecular formula is C15H23NO2. The summed E-state index contributed by atoms with van der Waals surface area (Å²) in [7, 11) is 1.65. The molecule has 0 spiro atoms. The quantitative estimate of drug-likeness (QED) is 0.764. The van der Waals surface area contributed by atoms with Crippen LogP contribution in [0.4, 0.5) is 5.69 Å². The molecular weight excluding hydrogens is 226 g/mol. The number of ketones is 1. The third-order valence-electron chi connectivity index (χ3n) is 2.90. The van der Waals surface area contributed by atoms with E-state index >= 15 is 0 Å². The van der Waals surface area contributed by atoms with E-state index in [1.54, 1.807) is 14.0 Å². The molecule has 0 heterocycles. The number of rotatable bonds is 8. The van der Waals surface area contributed by atoms with Crippen LogP contribution in [0.15, 0.2) is 24.3 Å². The van der Waals surface area contributed by atoms with Crippen molar-refractivity contribution in [2.24, 2.45) is 0 Å². The first-order valence-corrected chi connectivity index (χ1v) is 6.55. The maximum Gasteiger partial charge on any atom is 0.131 e. The lowest BCUT2D eigenvalue weighted by molar-refractivity contribution is -0.117. The first-order valence-electron chi connectivity index (χ1n) is 6.55. The SMILES string of the molecule is CCCC[C@H](CC(C)=O)Nc1ccc(OC)cc1. The van der Waals surface area contributed by atoms with Gasteiger partial charge < -0.3 is 10.1 Å². The van der Waals surface area contributed by atoms with Crippen molar-refractivity contribution in [1.82, 2.24) is 0 Å². The minimum atomic E-state index is 0.232. The van der Waals surface area contributed by atoms with Gasteiger partial charge in [0.25, 0.3) is 0 Å². The van der Waals surface area contributed by atoms with Gasteiger partial charge in [0.15, 0.2) is 0 Å². The summed E-state index contributed by atoms with van der Waals surface area (Å²) < 4.78 is 5.12. The number of ether oxygens (including phenoxy) is 1. The molecule has 1 rings (SSSR count). The van der Waals surface area contributed by atoms with Crippen molar-refractivity contribution in [1.29, 1.82) is 0 Å². The molecule has 1 aromatic rings. The number of nitrogens with one attached hydrogen (secondary N) is 1. The number of benzene rings is 1. The van der Waals surface area contributed by atoms with Gasteiger partial charge >= 0.3 is 0 Å². The second kappa shape index (κ2) is 7.75. The minimum Gasteiger partial charge on any atom is -0.497 e. The van der Waals surface area contributed by atoms with Crippen molar-refractivity contribution in [3.8, 4) is 5.75 Å². The first-order chi connectivity index (χ1) is 8.65. The van der Waals surface area contributed by atoms with E-state index in [9.17, 15) is 4.79 Å². The lowest BCUT2D eigenvalue weighted by Gasteiger charge is -2.18. The molecule has 0 aromatic heterocycles. The van der Waals surface area contributed by atoms with Crippen molar-refractivity contribution >= 4 is 11.5 Å². The van der Waals surface area contributed by atoms with E-state index in [1.165, 1.54) is 0 Å². The molecule has 0 aliphatic heterocycles. The zero-order valence-corrected chi connectivity index (χ0v) is 11.5. The van der Waals surface area contributed by atoms with Gasteiger partial charge in [0.2, 0.25) is 0 Å². The van der Waals surface area contributed by atoms with Crippen LogP contribution in [-0.2, 0) is 4.79 Å². The number of hydrogen-bond acceptors (Lipinski definition) is 3. The lowest BCUT2D eigenvalue weighted by Crippen LogP contribution is -2.22. The predicted molar refractivity (Wildman–Crippen MR) is 75.2 cm³/mol. The van der Waals surface area contributed by atoms with Crippen LogP contribution in [-0.4, -0.2) is 18.9 Å². The van der Waals surface area contributed by atoms with Crippen molar-refractivity contribution in [3.05, 3.63) is 24.3 Å². The monoisotopic (exact) mass is 249 g/mol. The van der Waals surface area contributed by atoms with E-state index in [4.69, 9.17) is 4.74 Å². The van der Waals surface area contributed by atoms with Crippen LogP contribution in [0, 0.1) is 0 Å². The highest BCUT2D eigenvalue weighted by Gasteiger charge is 2.10. The van der Waals surface area contributed by atoms with Crippen LogP contribution in [0.3, 0.4) is 0 Å². The maximum absolute atomic E-state index is 11.2. The topological polar surface area (TPSA) is 38.3 Å². The average Bonchev–Trinajstić information content (AvgIpc) is 2.36. The number of hydrogen-bond donors (Lipinski definition) is 1. The van der Waals surface area contributed by atoms with E-state index in [2.05, 4.69) is 12.2 Å². The van der Waals surface area contributed by atoms with E-state index in [1.807, 2.05) is 24.3 Å². The smallest absolute Gasteiger partial charge is 0.131 e. The summed E-state index contributed by atoms with van der Waals surface area (Å²) >= 11 is 0. The van der Waals surface area contributed by atoms with Gasteiger partial charge in [-0.05, 0) is 37.6 Å². The van der Waals surface area contributed by atoms with Gasteiger partial charge in [0, 0.05) is 18.2 Å². The van der Waals surface area contributed by atoms with Crippen molar-refractivity contribution < 1.29 is 9.53 Å². The van der Waals surface area contributed by atoms with Gasteiger partial charge in [-0.1, -0.05) is 19.8 Å². The van der Waals surface area contributed by atoms with Crippen LogP contribution in [0.25, 0.3) is 0 Å². The molecule has 0 unspecified atom stereocenters. The molecule has 0 amide bonds. The van der Waals surface area contributed by atoms with Crippen LogP contribution in [0.1, 0.15) is 39.5 Å². The molecule has 0 bridgehead atoms. The fourth-order valence-corrected chi connectivity index (χ4v) is 1.95. The van der Waals surface area contributed by atoms with Gasteiger partial charge in [-0.3, -0.25) is 4.79 Å². The Hall–Kier alpha value is -1.51. The molecule has 1 aromatic carbocycles. The molecule has 0 radical (unpaired) electrons. The van der Waals surface area contributed by atoms with Gasteiger partial charge in [0.1, 0.15) is 11.5 Å². The maximum atomic E-state index is 11.2. The van der Waals surface area contributed by atoms with E-state index < -0.39 is 0 Å². The summed E-state index contributed by atoms with van der Waals surface area (Å²) in [6.07, 6.45) is 3.91. The fourth-order valence-electron chi connectivity index (χ4n) is 1.95. The number of carbonyl (C=O) groups is 1. The Bertz CT molecular complexity index is 359. The molecule has 0 saturated carbocycles. The second-order valence-electron chi connectivity index (χ2n) is 4.62. The first kappa shape index (κ1) is 14.6.